The number of hydrogen-bond acceptors (Lipinski definition) is 10. The highest BCUT2D eigenvalue weighted by Gasteiger charge is 2.28. The number of nitrogens with zero attached hydrogens (tertiary/aromatic N) is 7. The van der Waals surface area contributed by atoms with Crippen LogP contribution in [-0.4, -0.2) is 108 Å². The van der Waals surface area contributed by atoms with E-state index in [-0.39, 0.29) is 11.9 Å². The number of fused-ring (bicyclic) bond motifs is 1. The van der Waals surface area contributed by atoms with E-state index in [1.54, 1.807) is 12.1 Å². The lowest BCUT2D eigenvalue weighted by molar-refractivity contribution is 0.0341. The van der Waals surface area contributed by atoms with E-state index in [1.807, 2.05) is 61.8 Å². The van der Waals surface area contributed by atoms with Crippen molar-refractivity contribution in [2.24, 2.45) is 0 Å². The van der Waals surface area contributed by atoms with E-state index < -0.39 is 11.7 Å². The minimum absolute atomic E-state index is 0.0829. The van der Waals surface area contributed by atoms with Crippen LogP contribution in [0.4, 0.5) is 20.8 Å². The lowest BCUT2D eigenvalue weighted by atomic mass is 10.0. The number of ether oxygens (including phenoxy) is 3. The van der Waals surface area contributed by atoms with Crippen LogP contribution in [0.25, 0.3) is 17.0 Å². The van der Waals surface area contributed by atoms with Crippen LogP contribution in [0.2, 0.25) is 0 Å². The van der Waals surface area contributed by atoms with Crippen LogP contribution in [0.1, 0.15) is 45.2 Å². The second-order valence-corrected chi connectivity index (χ2v) is 13.4. The summed E-state index contributed by atoms with van der Waals surface area (Å²) < 4.78 is 32.4. The lowest BCUT2D eigenvalue weighted by Crippen LogP contribution is -2.47. The summed E-state index contributed by atoms with van der Waals surface area (Å²) in [5.41, 5.74) is 2.86. The molecule has 13 heteroatoms. The van der Waals surface area contributed by atoms with E-state index in [1.165, 1.54) is 6.07 Å². The molecule has 1 atom stereocenters. The Morgan fingerprint density at radius 3 is 2.53 bits per heavy atom. The van der Waals surface area contributed by atoms with Gasteiger partial charge in [0.1, 0.15) is 28.7 Å². The molecular weight excluding hydrogens is 627 g/mol. The molecule has 49 heavy (non-hydrogen) atoms. The highest BCUT2D eigenvalue weighted by molar-refractivity contribution is 5.67. The van der Waals surface area contributed by atoms with Crippen molar-refractivity contribution in [2.75, 3.05) is 82.0 Å². The zero-order valence-corrected chi connectivity index (χ0v) is 28.7. The molecule has 2 saturated heterocycles. The minimum Gasteiger partial charge on any atom is -0.444 e. The topological polar surface area (TPSA) is 110 Å². The summed E-state index contributed by atoms with van der Waals surface area (Å²) in [5, 5.41) is 7.68. The average molecular weight is 675 g/mol. The van der Waals surface area contributed by atoms with Gasteiger partial charge in [-0.25, -0.2) is 23.7 Å². The fourth-order valence-electron chi connectivity index (χ4n) is 6.29. The molecule has 0 spiro atoms. The molecule has 0 radical (unpaired) electrons. The van der Waals surface area contributed by atoms with Crippen molar-refractivity contribution in [3.8, 4) is 11.4 Å². The molecule has 2 aliphatic heterocycles. The van der Waals surface area contributed by atoms with Crippen LogP contribution >= 0.6 is 0 Å². The summed E-state index contributed by atoms with van der Waals surface area (Å²) in [7, 11) is 0. The maximum Gasteiger partial charge on any atom is 0.407 e. The molecule has 262 valence electrons. The summed E-state index contributed by atoms with van der Waals surface area (Å²) in [4.78, 5) is 28.3. The predicted octanol–water partition coefficient (Wildman–Crippen LogP) is 4.95. The third-order valence-electron chi connectivity index (χ3n) is 8.66. The first-order valence-electron chi connectivity index (χ1n) is 17.2. The van der Waals surface area contributed by atoms with Crippen molar-refractivity contribution in [1.82, 2.24) is 29.8 Å². The zero-order chi connectivity index (χ0) is 34.2. The fourth-order valence-corrected chi connectivity index (χ4v) is 6.29. The number of nitrogens with one attached hydrogen (secondary N) is 1. The number of halogens is 1. The summed E-state index contributed by atoms with van der Waals surface area (Å²) in [6.45, 7) is 13.2. The SMILES string of the molecule is CC(C)(C)OC(=O)NCCOCCOCCN1CCN(c2cccc(-c3cnc4ccc(N5CCC[C@H]5c5cccc(F)c5)nn34)n2)CC1. The number of imidazole rings is 1. The number of anilines is 2. The number of aromatic nitrogens is 4. The standard InChI is InChI=1S/C36H47FN8O4/c1-36(2,3)49-35(46)38-14-21-47-23-24-48-22-20-42-16-18-43(19-17-42)33-11-5-9-29(40-33)31-26-39-32-12-13-34(41-45(31)32)44-15-6-10-30(44)27-7-4-8-28(37)25-27/h4-5,7-9,11-13,25-26,30H,6,10,14-24H2,1-3H3,(H,38,46)/t30-/m0/s1. The summed E-state index contributed by atoms with van der Waals surface area (Å²) in [6.07, 6.45) is 3.37. The number of rotatable bonds is 13. The molecule has 0 aliphatic carbocycles. The fraction of sp³-hybridized carbons (Fsp3) is 0.500. The van der Waals surface area contributed by atoms with Gasteiger partial charge in [-0.2, -0.15) is 0 Å². The largest absolute Gasteiger partial charge is 0.444 e. The van der Waals surface area contributed by atoms with Gasteiger partial charge in [0, 0.05) is 45.8 Å². The van der Waals surface area contributed by atoms with Gasteiger partial charge in [-0.15, -0.1) is 5.10 Å². The van der Waals surface area contributed by atoms with Crippen molar-refractivity contribution in [3.63, 3.8) is 0 Å². The van der Waals surface area contributed by atoms with Crippen LogP contribution in [0.3, 0.4) is 0 Å². The third-order valence-corrected chi connectivity index (χ3v) is 8.66. The maximum atomic E-state index is 14.0. The molecule has 2 aliphatic rings. The third kappa shape index (κ3) is 9.22. The summed E-state index contributed by atoms with van der Waals surface area (Å²) in [6, 6.07) is 17.0. The molecule has 0 saturated carbocycles. The Kier molecular flexibility index (Phi) is 11.2. The Morgan fingerprint density at radius 1 is 0.939 bits per heavy atom. The molecule has 4 aromatic rings. The number of hydrogen-bond donors (Lipinski definition) is 1. The molecule has 2 fully saturated rings. The molecular formula is C36H47FN8O4. The number of carbonyl (C=O) groups is 1. The number of carbonyl (C=O) groups excluding carboxylic acids is 1. The first-order chi connectivity index (χ1) is 23.7. The first-order valence-corrected chi connectivity index (χ1v) is 17.2. The quantitative estimate of drug-likeness (QED) is 0.196. The molecule has 0 bridgehead atoms. The lowest BCUT2D eigenvalue weighted by Gasteiger charge is -2.35. The van der Waals surface area contributed by atoms with Gasteiger partial charge in [-0.1, -0.05) is 18.2 Å². The highest BCUT2D eigenvalue weighted by Crippen LogP contribution is 2.36. The van der Waals surface area contributed by atoms with Crippen molar-refractivity contribution in [2.45, 2.75) is 45.3 Å². The Morgan fingerprint density at radius 2 is 1.73 bits per heavy atom. The molecule has 6 rings (SSSR count). The number of amides is 1. The van der Waals surface area contributed by atoms with E-state index in [0.29, 0.717) is 33.0 Å². The Bertz CT molecular complexity index is 1690. The minimum atomic E-state index is -0.513. The van der Waals surface area contributed by atoms with E-state index in [4.69, 9.17) is 24.3 Å². The number of pyridine rings is 1. The monoisotopic (exact) mass is 674 g/mol. The second-order valence-electron chi connectivity index (χ2n) is 13.4. The van der Waals surface area contributed by atoms with E-state index in [0.717, 1.165) is 86.3 Å². The molecule has 5 heterocycles. The van der Waals surface area contributed by atoms with Gasteiger partial charge >= 0.3 is 6.09 Å². The van der Waals surface area contributed by atoms with Crippen molar-refractivity contribution in [3.05, 3.63) is 72.2 Å². The van der Waals surface area contributed by atoms with Gasteiger partial charge < -0.3 is 29.3 Å². The first kappa shape index (κ1) is 34.5. The van der Waals surface area contributed by atoms with Crippen LogP contribution in [-0.2, 0) is 14.2 Å². The van der Waals surface area contributed by atoms with Crippen LogP contribution in [0, 0.1) is 5.82 Å². The van der Waals surface area contributed by atoms with E-state index in [2.05, 4.69) is 31.1 Å². The van der Waals surface area contributed by atoms with E-state index in [9.17, 15) is 9.18 Å². The van der Waals surface area contributed by atoms with Crippen LogP contribution < -0.4 is 15.1 Å². The Labute approximate surface area is 287 Å². The molecule has 1 amide bonds. The molecule has 3 aromatic heterocycles. The van der Waals surface area contributed by atoms with Crippen molar-refractivity contribution >= 4 is 23.4 Å². The van der Waals surface area contributed by atoms with Gasteiger partial charge in [0.2, 0.25) is 0 Å². The average Bonchev–Trinajstić information content (AvgIpc) is 3.75. The Balaban J connectivity index is 0.966. The molecule has 12 nitrogen and oxygen atoms in total. The van der Waals surface area contributed by atoms with Gasteiger partial charge in [0.15, 0.2) is 5.65 Å². The maximum absolute atomic E-state index is 14.0. The Hall–Kier alpha value is -4.33. The van der Waals surface area contributed by atoms with E-state index >= 15 is 0 Å². The number of piperazine rings is 1. The normalized spacial score (nSPS) is 17.2. The highest BCUT2D eigenvalue weighted by atomic mass is 19.1. The van der Waals surface area contributed by atoms with Gasteiger partial charge in [0.25, 0.3) is 0 Å². The van der Waals surface area contributed by atoms with Crippen molar-refractivity contribution in [1.29, 1.82) is 0 Å². The number of alkyl carbamates (subject to hydrolysis) is 1. The summed E-state index contributed by atoms with van der Waals surface area (Å²) >= 11 is 0. The number of benzene rings is 1. The predicted molar refractivity (Wildman–Crippen MR) is 186 cm³/mol. The van der Waals surface area contributed by atoms with Crippen molar-refractivity contribution < 1.29 is 23.4 Å². The van der Waals surface area contributed by atoms with Crippen LogP contribution in [0.15, 0.2) is 60.8 Å². The smallest absolute Gasteiger partial charge is 0.407 e. The van der Waals surface area contributed by atoms with Crippen LogP contribution in [0.5, 0.6) is 0 Å². The zero-order valence-electron chi connectivity index (χ0n) is 28.7. The van der Waals surface area contributed by atoms with Gasteiger partial charge in [-0.3, -0.25) is 4.90 Å². The van der Waals surface area contributed by atoms with Gasteiger partial charge in [0.05, 0.1) is 44.4 Å². The summed E-state index contributed by atoms with van der Waals surface area (Å²) in [5.74, 6) is 1.56. The molecule has 0 unspecified atom stereocenters. The molecule has 1 N–H and O–H groups in total. The molecule has 1 aromatic carbocycles. The van der Waals surface area contributed by atoms with Gasteiger partial charge in [-0.05, 0) is 75.6 Å². The second kappa shape index (κ2) is 15.9.